The van der Waals surface area contributed by atoms with Crippen molar-refractivity contribution < 1.29 is 0 Å². The molecule has 19 heavy (non-hydrogen) atoms. The lowest BCUT2D eigenvalue weighted by Crippen LogP contribution is -2.50. The van der Waals surface area contributed by atoms with Gasteiger partial charge in [-0.15, -0.1) is 0 Å². The van der Waals surface area contributed by atoms with Crippen LogP contribution in [-0.4, -0.2) is 35.6 Å². The summed E-state index contributed by atoms with van der Waals surface area (Å²) in [5.41, 5.74) is 1.34. The van der Waals surface area contributed by atoms with E-state index in [-0.39, 0.29) is 0 Å². The van der Waals surface area contributed by atoms with Crippen LogP contribution >= 0.6 is 0 Å². The number of piperidine rings is 2. The number of nitrogens with one attached hydrogen (secondary N) is 1. The first-order chi connectivity index (χ1) is 9.43. The van der Waals surface area contributed by atoms with Crippen molar-refractivity contribution in [2.75, 3.05) is 19.6 Å². The standard InChI is InChI=1S/C16H25N3/c1-2-10-19-11-3-4-15(16(19)5-1)13-18-12-14-6-8-17-9-7-14/h6-9,15-16,18H,1-5,10-13H2. The molecule has 0 aromatic carbocycles. The minimum atomic E-state index is 0.854. The summed E-state index contributed by atoms with van der Waals surface area (Å²) in [5, 5.41) is 3.65. The zero-order valence-electron chi connectivity index (χ0n) is 11.7. The predicted octanol–water partition coefficient (Wildman–Crippen LogP) is 2.44. The number of hydrogen-bond acceptors (Lipinski definition) is 3. The van der Waals surface area contributed by atoms with E-state index in [1.165, 1.54) is 57.3 Å². The average molecular weight is 259 g/mol. The molecule has 3 rings (SSSR count). The Morgan fingerprint density at radius 1 is 1.11 bits per heavy atom. The van der Waals surface area contributed by atoms with Gasteiger partial charge in [-0.3, -0.25) is 4.98 Å². The van der Waals surface area contributed by atoms with Crippen LogP contribution in [0.2, 0.25) is 0 Å². The highest BCUT2D eigenvalue weighted by Gasteiger charge is 2.32. The van der Waals surface area contributed by atoms with E-state index in [0.717, 1.165) is 18.5 Å². The van der Waals surface area contributed by atoms with Crippen molar-refractivity contribution >= 4 is 0 Å². The highest BCUT2D eigenvalue weighted by molar-refractivity contribution is 5.09. The van der Waals surface area contributed by atoms with Gasteiger partial charge in [-0.1, -0.05) is 6.42 Å². The minimum absolute atomic E-state index is 0.854. The summed E-state index contributed by atoms with van der Waals surface area (Å²) >= 11 is 0. The van der Waals surface area contributed by atoms with Crippen LogP contribution in [0, 0.1) is 5.92 Å². The molecule has 2 saturated heterocycles. The molecule has 2 aliphatic rings. The second-order valence-electron chi connectivity index (χ2n) is 5.99. The van der Waals surface area contributed by atoms with Gasteiger partial charge in [-0.2, -0.15) is 0 Å². The van der Waals surface area contributed by atoms with Crippen molar-refractivity contribution in [2.24, 2.45) is 5.92 Å². The fraction of sp³-hybridized carbons (Fsp3) is 0.688. The topological polar surface area (TPSA) is 28.2 Å². The summed E-state index contributed by atoms with van der Waals surface area (Å²) < 4.78 is 0. The fourth-order valence-corrected chi connectivity index (χ4v) is 3.72. The summed E-state index contributed by atoms with van der Waals surface area (Å²) in [7, 11) is 0. The molecule has 1 aromatic heterocycles. The van der Waals surface area contributed by atoms with Gasteiger partial charge in [-0.25, -0.2) is 0 Å². The van der Waals surface area contributed by atoms with E-state index in [2.05, 4.69) is 27.3 Å². The van der Waals surface area contributed by atoms with Crippen LogP contribution in [0.5, 0.6) is 0 Å². The number of aromatic nitrogens is 1. The molecule has 0 radical (unpaired) electrons. The molecule has 3 heterocycles. The molecule has 0 saturated carbocycles. The molecule has 3 heteroatoms. The zero-order valence-corrected chi connectivity index (χ0v) is 11.7. The fourth-order valence-electron chi connectivity index (χ4n) is 3.72. The molecule has 2 fully saturated rings. The van der Waals surface area contributed by atoms with Gasteiger partial charge in [0.1, 0.15) is 0 Å². The number of hydrogen-bond donors (Lipinski definition) is 1. The third kappa shape index (κ3) is 3.34. The average Bonchev–Trinajstić information content (AvgIpc) is 2.49. The quantitative estimate of drug-likeness (QED) is 0.900. The molecule has 0 amide bonds. The van der Waals surface area contributed by atoms with E-state index < -0.39 is 0 Å². The lowest BCUT2D eigenvalue weighted by Gasteiger charge is -2.44. The normalized spacial score (nSPS) is 28.0. The van der Waals surface area contributed by atoms with Gasteiger partial charge < -0.3 is 10.2 Å². The Morgan fingerprint density at radius 3 is 2.84 bits per heavy atom. The van der Waals surface area contributed by atoms with Crippen LogP contribution in [-0.2, 0) is 6.54 Å². The van der Waals surface area contributed by atoms with Crippen LogP contribution in [0.15, 0.2) is 24.5 Å². The van der Waals surface area contributed by atoms with Gasteiger partial charge in [0.15, 0.2) is 0 Å². The SMILES string of the molecule is c1cc(CNCC2CCCN3CCCCC23)ccn1. The van der Waals surface area contributed by atoms with Crippen LogP contribution in [0.1, 0.15) is 37.7 Å². The summed E-state index contributed by atoms with van der Waals surface area (Å²) in [5.74, 6) is 0.857. The van der Waals surface area contributed by atoms with Gasteiger partial charge >= 0.3 is 0 Å². The van der Waals surface area contributed by atoms with E-state index >= 15 is 0 Å². The van der Waals surface area contributed by atoms with Gasteiger partial charge in [0.25, 0.3) is 0 Å². The molecular formula is C16H25N3. The van der Waals surface area contributed by atoms with Crippen LogP contribution in [0.4, 0.5) is 0 Å². The third-order valence-corrected chi connectivity index (χ3v) is 4.71. The minimum Gasteiger partial charge on any atom is -0.312 e. The molecule has 1 N–H and O–H groups in total. The number of rotatable bonds is 4. The maximum atomic E-state index is 4.06. The van der Waals surface area contributed by atoms with Crippen LogP contribution in [0.25, 0.3) is 0 Å². The molecular weight excluding hydrogens is 234 g/mol. The van der Waals surface area contributed by atoms with Crippen LogP contribution in [0.3, 0.4) is 0 Å². The Balaban J connectivity index is 1.49. The van der Waals surface area contributed by atoms with E-state index in [1.807, 2.05) is 12.4 Å². The van der Waals surface area contributed by atoms with Gasteiger partial charge in [-0.05, 0) is 68.9 Å². The highest BCUT2D eigenvalue weighted by Crippen LogP contribution is 2.30. The Bertz CT molecular complexity index is 377. The van der Waals surface area contributed by atoms with Crippen molar-refractivity contribution in [3.8, 4) is 0 Å². The third-order valence-electron chi connectivity index (χ3n) is 4.71. The van der Waals surface area contributed by atoms with Crippen molar-refractivity contribution in [2.45, 2.75) is 44.7 Å². The van der Waals surface area contributed by atoms with Crippen molar-refractivity contribution in [1.29, 1.82) is 0 Å². The lowest BCUT2D eigenvalue weighted by atomic mass is 9.83. The maximum Gasteiger partial charge on any atom is 0.0271 e. The summed E-state index contributed by atoms with van der Waals surface area (Å²) in [4.78, 5) is 6.80. The Morgan fingerprint density at radius 2 is 1.95 bits per heavy atom. The predicted molar refractivity (Wildman–Crippen MR) is 77.9 cm³/mol. The van der Waals surface area contributed by atoms with Gasteiger partial charge in [0.05, 0.1) is 0 Å². The van der Waals surface area contributed by atoms with Gasteiger partial charge in [0, 0.05) is 25.0 Å². The van der Waals surface area contributed by atoms with E-state index in [0.29, 0.717) is 0 Å². The molecule has 2 aliphatic heterocycles. The molecule has 0 spiro atoms. The number of fused-ring (bicyclic) bond motifs is 1. The van der Waals surface area contributed by atoms with Crippen molar-refractivity contribution in [3.63, 3.8) is 0 Å². The zero-order chi connectivity index (χ0) is 12.9. The Hall–Kier alpha value is -0.930. The lowest BCUT2D eigenvalue weighted by molar-refractivity contribution is 0.0593. The molecule has 2 atom stereocenters. The van der Waals surface area contributed by atoms with E-state index in [4.69, 9.17) is 0 Å². The first-order valence-corrected chi connectivity index (χ1v) is 7.77. The van der Waals surface area contributed by atoms with E-state index in [9.17, 15) is 0 Å². The summed E-state index contributed by atoms with van der Waals surface area (Å²) in [6.07, 6.45) is 10.8. The first kappa shape index (κ1) is 13.1. The summed E-state index contributed by atoms with van der Waals surface area (Å²) in [6, 6.07) is 5.05. The van der Waals surface area contributed by atoms with Crippen molar-refractivity contribution in [3.05, 3.63) is 30.1 Å². The Labute approximate surface area is 116 Å². The second kappa shape index (κ2) is 6.49. The first-order valence-electron chi connectivity index (χ1n) is 7.77. The largest absolute Gasteiger partial charge is 0.312 e. The highest BCUT2D eigenvalue weighted by atomic mass is 15.2. The number of pyridine rings is 1. The van der Waals surface area contributed by atoms with Gasteiger partial charge in [0.2, 0.25) is 0 Å². The Kier molecular flexibility index (Phi) is 4.46. The smallest absolute Gasteiger partial charge is 0.0271 e. The molecule has 2 unspecified atom stereocenters. The maximum absolute atomic E-state index is 4.06. The molecule has 1 aromatic rings. The number of nitrogens with zero attached hydrogens (tertiary/aromatic N) is 2. The molecule has 3 nitrogen and oxygen atoms in total. The second-order valence-corrected chi connectivity index (χ2v) is 5.99. The molecule has 0 bridgehead atoms. The van der Waals surface area contributed by atoms with Crippen molar-refractivity contribution in [1.82, 2.24) is 15.2 Å². The monoisotopic (exact) mass is 259 g/mol. The van der Waals surface area contributed by atoms with E-state index in [1.54, 1.807) is 0 Å². The summed E-state index contributed by atoms with van der Waals surface area (Å²) in [6.45, 7) is 4.83. The van der Waals surface area contributed by atoms with Crippen LogP contribution < -0.4 is 5.32 Å². The molecule has 0 aliphatic carbocycles. The molecule has 104 valence electrons.